The molecular weight excluding hydrogens is 427 g/mol. The van der Waals surface area contributed by atoms with Crippen molar-refractivity contribution in [1.82, 2.24) is 20.1 Å². The summed E-state index contributed by atoms with van der Waals surface area (Å²) in [6.45, 7) is 4.33. The Bertz CT molecular complexity index is 1350. The predicted molar refractivity (Wildman–Crippen MR) is 122 cm³/mol. The van der Waals surface area contributed by atoms with E-state index >= 15 is 0 Å². The Morgan fingerprint density at radius 2 is 1.91 bits per heavy atom. The number of hydrogen-bond acceptors (Lipinski definition) is 5. The van der Waals surface area contributed by atoms with Gasteiger partial charge in [-0.05, 0) is 43.2 Å². The van der Waals surface area contributed by atoms with Crippen molar-refractivity contribution in [1.29, 1.82) is 0 Å². The topological polar surface area (TPSA) is 76.9 Å². The van der Waals surface area contributed by atoms with Crippen LogP contribution in [0.1, 0.15) is 32.2 Å². The molecule has 0 radical (unpaired) electrons. The summed E-state index contributed by atoms with van der Waals surface area (Å²) in [4.78, 5) is 30.4. The van der Waals surface area contributed by atoms with E-state index in [2.05, 4.69) is 15.4 Å². The van der Waals surface area contributed by atoms with Gasteiger partial charge in [0.1, 0.15) is 16.5 Å². The zero-order valence-corrected chi connectivity index (χ0v) is 18.4. The van der Waals surface area contributed by atoms with Crippen molar-refractivity contribution in [3.63, 3.8) is 0 Å². The van der Waals surface area contributed by atoms with Gasteiger partial charge in [0.05, 0.1) is 18.8 Å². The average Bonchev–Trinajstić information content (AvgIpc) is 3.14. The van der Waals surface area contributed by atoms with Crippen LogP contribution in [0.4, 0.5) is 4.39 Å². The highest BCUT2D eigenvalue weighted by atomic mass is 32.1. The van der Waals surface area contributed by atoms with Crippen molar-refractivity contribution in [2.24, 2.45) is 0 Å². The smallest absolute Gasteiger partial charge is 0.272 e. The molecule has 0 atom stereocenters. The van der Waals surface area contributed by atoms with E-state index < -0.39 is 11.7 Å². The monoisotopic (exact) mass is 448 g/mol. The molecular formula is C24H21FN4O2S. The largest absolute Gasteiger partial charge is 0.346 e. The minimum absolute atomic E-state index is 0.0749. The number of benzene rings is 2. The van der Waals surface area contributed by atoms with E-state index in [0.29, 0.717) is 12.1 Å². The minimum Gasteiger partial charge on any atom is -0.346 e. The third-order valence-corrected chi connectivity index (χ3v) is 6.19. The number of rotatable bonds is 6. The van der Waals surface area contributed by atoms with Gasteiger partial charge in [0, 0.05) is 16.5 Å². The average molecular weight is 449 g/mol. The number of halogens is 1. The second-order valence-electron chi connectivity index (χ2n) is 7.37. The van der Waals surface area contributed by atoms with Gasteiger partial charge in [0.25, 0.3) is 11.5 Å². The van der Waals surface area contributed by atoms with Crippen LogP contribution in [0.25, 0.3) is 10.6 Å². The summed E-state index contributed by atoms with van der Waals surface area (Å²) in [5.74, 6) is -0.794. The fraction of sp³-hybridized carbons (Fsp3) is 0.167. The first-order valence-electron chi connectivity index (χ1n) is 10.0. The molecule has 0 aliphatic heterocycles. The van der Waals surface area contributed by atoms with Gasteiger partial charge in [-0.25, -0.2) is 14.1 Å². The van der Waals surface area contributed by atoms with E-state index in [9.17, 15) is 14.0 Å². The first kappa shape index (κ1) is 21.6. The van der Waals surface area contributed by atoms with E-state index in [1.54, 1.807) is 12.1 Å². The zero-order chi connectivity index (χ0) is 22.7. The molecule has 0 aliphatic rings. The molecule has 162 valence electrons. The standard InChI is InChI=1S/C24H21FN4O2S/c1-15-6-3-4-9-19(15)24-27-16(2)21(32-24)13-26-23(31)20-10-11-22(30)29(28-20)14-17-7-5-8-18(25)12-17/h3-12H,13-14H2,1-2H3,(H,26,31). The number of hydrogen-bond donors (Lipinski definition) is 1. The lowest BCUT2D eigenvalue weighted by Gasteiger charge is -2.08. The summed E-state index contributed by atoms with van der Waals surface area (Å²) >= 11 is 1.54. The van der Waals surface area contributed by atoms with Crippen LogP contribution in [-0.2, 0) is 13.1 Å². The summed E-state index contributed by atoms with van der Waals surface area (Å²) < 4.78 is 14.6. The number of nitrogens with zero attached hydrogens (tertiary/aromatic N) is 3. The maximum Gasteiger partial charge on any atom is 0.272 e. The number of aryl methyl sites for hydroxylation is 2. The molecule has 0 unspecified atom stereocenters. The maximum atomic E-state index is 13.4. The molecule has 1 N–H and O–H groups in total. The van der Waals surface area contributed by atoms with Crippen LogP contribution in [0.15, 0.2) is 65.5 Å². The molecule has 8 heteroatoms. The summed E-state index contributed by atoms with van der Waals surface area (Å²) in [6, 6.07) is 16.6. The number of aromatic nitrogens is 3. The Kier molecular flexibility index (Phi) is 6.23. The highest BCUT2D eigenvalue weighted by molar-refractivity contribution is 7.15. The van der Waals surface area contributed by atoms with Crippen LogP contribution in [0.2, 0.25) is 0 Å². The van der Waals surface area contributed by atoms with Gasteiger partial charge in [0.2, 0.25) is 0 Å². The van der Waals surface area contributed by atoms with Gasteiger partial charge in [-0.1, -0.05) is 36.4 Å². The lowest BCUT2D eigenvalue weighted by molar-refractivity contribution is 0.0943. The van der Waals surface area contributed by atoms with Crippen molar-refractivity contribution in [2.45, 2.75) is 26.9 Å². The summed E-state index contributed by atoms with van der Waals surface area (Å²) in [7, 11) is 0. The maximum absolute atomic E-state index is 13.4. The van der Waals surface area contributed by atoms with Crippen LogP contribution >= 0.6 is 11.3 Å². The Balaban J connectivity index is 1.48. The Morgan fingerprint density at radius 1 is 1.09 bits per heavy atom. The molecule has 32 heavy (non-hydrogen) atoms. The van der Waals surface area contributed by atoms with E-state index in [0.717, 1.165) is 31.4 Å². The first-order chi connectivity index (χ1) is 15.4. The minimum atomic E-state index is -0.400. The molecule has 2 aromatic heterocycles. The third kappa shape index (κ3) is 4.81. The van der Waals surface area contributed by atoms with Crippen molar-refractivity contribution in [3.05, 3.63) is 104 Å². The van der Waals surface area contributed by atoms with Gasteiger partial charge in [0.15, 0.2) is 0 Å². The van der Waals surface area contributed by atoms with Gasteiger partial charge in [-0.3, -0.25) is 9.59 Å². The molecule has 0 fully saturated rings. The van der Waals surface area contributed by atoms with Crippen molar-refractivity contribution >= 4 is 17.2 Å². The highest BCUT2D eigenvalue weighted by Gasteiger charge is 2.14. The van der Waals surface area contributed by atoms with E-state index in [4.69, 9.17) is 0 Å². The van der Waals surface area contributed by atoms with Crippen LogP contribution in [0, 0.1) is 19.7 Å². The van der Waals surface area contributed by atoms with E-state index in [1.165, 1.54) is 35.6 Å². The predicted octanol–water partition coefficient (Wildman–Crippen LogP) is 4.10. The molecule has 1 amide bonds. The van der Waals surface area contributed by atoms with E-state index in [-0.39, 0.29) is 17.8 Å². The molecule has 2 heterocycles. The van der Waals surface area contributed by atoms with Gasteiger partial charge >= 0.3 is 0 Å². The summed E-state index contributed by atoms with van der Waals surface area (Å²) in [5, 5.41) is 7.91. The summed E-state index contributed by atoms with van der Waals surface area (Å²) in [5.41, 5.74) is 3.40. The van der Waals surface area contributed by atoms with Crippen molar-refractivity contribution in [2.75, 3.05) is 0 Å². The number of thiazole rings is 1. The second-order valence-corrected chi connectivity index (χ2v) is 8.45. The second kappa shape index (κ2) is 9.23. The van der Waals surface area contributed by atoms with Crippen molar-refractivity contribution < 1.29 is 9.18 Å². The lowest BCUT2D eigenvalue weighted by Crippen LogP contribution is -2.29. The summed E-state index contributed by atoms with van der Waals surface area (Å²) in [6.07, 6.45) is 0. The quantitative estimate of drug-likeness (QED) is 0.482. The number of nitrogens with one attached hydrogen (secondary N) is 1. The van der Waals surface area contributed by atoms with Gasteiger partial charge in [-0.2, -0.15) is 5.10 Å². The van der Waals surface area contributed by atoms with Crippen LogP contribution < -0.4 is 10.9 Å². The molecule has 4 rings (SSSR count). The molecule has 0 saturated carbocycles. The number of carbonyl (C=O) groups excluding carboxylic acids is 1. The molecule has 2 aromatic carbocycles. The highest BCUT2D eigenvalue weighted by Crippen LogP contribution is 2.30. The Hall–Kier alpha value is -3.65. The van der Waals surface area contributed by atoms with Gasteiger partial charge in [-0.15, -0.1) is 11.3 Å². The Labute approximate surface area is 188 Å². The fourth-order valence-corrected chi connectivity index (χ4v) is 4.36. The molecule has 6 nitrogen and oxygen atoms in total. The molecule has 4 aromatic rings. The van der Waals surface area contributed by atoms with Gasteiger partial charge < -0.3 is 5.32 Å². The fourth-order valence-electron chi connectivity index (χ4n) is 3.26. The zero-order valence-electron chi connectivity index (χ0n) is 17.6. The molecule has 0 bridgehead atoms. The first-order valence-corrected chi connectivity index (χ1v) is 10.9. The SMILES string of the molecule is Cc1ccccc1-c1nc(C)c(CNC(=O)c2ccc(=O)n(Cc3cccc(F)c3)n2)s1. The van der Waals surface area contributed by atoms with Crippen LogP contribution in [-0.4, -0.2) is 20.7 Å². The van der Waals surface area contributed by atoms with Crippen LogP contribution in [0.3, 0.4) is 0 Å². The number of amides is 1. The van der Waals surface area contributed by atoms with Crippen LogP contribution in [0.5, 0.6) is 0 Å². The Morgan fingerprint density at radius 3 is 2.69 bits per heavy atom. The molecule has 0 aliphatic carbocycles. The normalized spacial score (nSPS) is 10.8. The lowest BCUT2D eigenvalue weighted by atomic mass is 10.1. The van der Waals surface area contributed by atoms with Crippen molar-refractivity contribution in [3.8, 4) is 10.6 Å². The molecule has 0 spiro atoms. The molecule has 0 saturated heterocycles. The third-order valence-electron chi connectivity index (χ3n) is 5.00. The number of carbonyl (C=O) groups is 1. The van der Waals surface area contributed by atoms with E-state index in [1.807, 2.05) is 38.1 Å².